The lowest BCUT2D eigenvalue weighted by atomic mass is 10.1. The molecule has 150 valence electrons. The SMILES string of the molecule is CSCC[C@H](N)C(=O)Nc1ccc(NC(=O)CN2CCCCCCC2)cc1. The zero-order chi connectivity index (χ0) is 19.5. The number of amides is 2. The molecule has 0 spiro atoms. The molecule has 4 N–H and O–H groups in total. The molecule has 0 aromatic heterocycles. The fourth-order valence-corrected chi connectivity index (χ4v) is 3.61. The Bertz CT molecular complexity index is 586. The number of nitrogens with one attached hydrogen (secondary N) is 2. The van der Waals surface area contributed by atoms with Gasteiger partial charge in [-0.05, 0) is 68.6 Å². The Kier molecular flexibility index (Phi) is 9.66. The molecule has 0 unspecified atom stereocenters. The van der Waals surface area contributed by atoms with Gasteiger partial charge < -0.3 is 16.4 Å². The number of carbonyl (C=O) groups excluding carboxylic acids is 2. The van der Waals surface area contributed by atoms with Gasteiger partial charge in [-0.3, -0.25) is 14.5 Å². The van der Waals surface area contributed by atoms with Crippen LogP contribution in [0.3, 0.4) is 0 Å². The van der Waals surface area contributed by atoms with Crippen molar-refractivity contribution in [3.05, 3.63) is 24.3 Å². The minimum atomic E-state index is -0.505. The molecule has 6 nitrogen and oxygen atoms in total. The summed E-state index contributed by atoms with van der Waals surface area (Å²) >= 11 is 1.67. The van der Waals surface area contributed by atoms with E-state index >= 15 is 0 Å². The molecule has 27 heavy (non-hydrogen) atoms. The quantitative estimate of drug-likeness (QED) is 0.633. The van der Waals surface area contributed by atoms with Crippen molar-refractivity contribution in [1.82, 2.24) is 4.90 Å². The second kappa shape index (κ2) is 12.0. The summed E-state index contributed by atoms with van der Waals surface area (Å²) in [6.45, 7) is 2.42. The van der Waals surface area contributed by atoms with Gasteiger partial charge in [0.15, 0.2) is 0 Å². The first-order valence-corrected chi connectivity index (χ1v) is 11.2. The summed E-state index contributed by atoms with van der Waals surface area (Å²) in [5.74, 6) is 0.681. The Morgan fingerprint density at radius 3 is 2.19 bits per heavy atom. The summed E-state index contributed by atoms with van der Waals surface area (Å²) in [7, 11) is 0. The van der Waals surface area contributed by atoms with Crippen molar-refractivity contribution in [1.29, 1.82) is 0 Å². The maximum Gasteiger partial charge on any atom is 0.241 e. The van der Waals surface area contributed by atoms with Gasteiger partial charge in [-0.25, -0.2) is 0 Å². The van der Waals surface area contributed by atoms with E-state index in [4.69, 9.17) is 5.73 Å². The molecule has 1 heterocycles. The van der Waals surface area contributed by atoms with Crippen molar-refractivity contribution in [3.8, 4) is 0 Å². The van der Waals surface area contributed by atoms with Crippen LogP contribution in [0.25, 0.3) is 0 Å². The molecule has 1 aromatic carbocycles. The number of anilines is 2. The van der Waals surface area contributed by atoms with Crippen LogP contribution in [0.15, 0.2) is 24.3 Å². The Balaban J connectivity index is 1.78. The third-order valence-electron chi connectivity index (χ3n) is 4.72. The smallest absolute Gasteiger partial charge is 0.241 e. The Labute approximate surface area is 166 Å². The summed E-state index contributed by atoms with van der Waals surface area (Å²) in [4.78, 5) is 26.6. The first-order chi connectivity index (χ1) is 13.1. The van der Waals surface area contributed by atoms with Crippen LogP contribution >= 0.6 is 11.8 Å². The summed E-state index contributed by atoms with van der Waals surface area (Å²) < 4.78 is 0. The van der Waals surface area contributed by atoms with Crippen LogP contribution < -0.4 is 16.4 Å². The summed E-state index contributed by atoms with van der Waals surface area (Å²) in [6.07, 6.45) is 8.80. The second-order valence-electron chi connectivity index (χ2n) is 7.05. The molecule has 1 aromatic rings. The van der Waals surface area contributed by atoms with Crippen LogP contribution in [0.5, 0.6) is 0 Å². The van der Waals surface area contributed by atoms with Gasteiger partial charge in [-0.1, -0.05) is 19.3 Å². The highest BCUT2D eigenvalue weighted by molar-refractivity contribution is 7.98. The van der Waals surface area contributed by atoms with E-state index in [0.29, 0.717) is 18.7 Å². The lowest BCUT2D eigenvalue weighted by Gasteiger charge is -2.23. The number of benzene rings is 1. The molecule has 0 bridgehead atoms. The molecular weight excluding hydrogens is 360 g/mol. The van der Waals surface area contributed by atoms with E-state index in [1.54, 1.807) is 36.0 Å². The number of hydrogen-bond acceptors (Lipinski definition) is 5. The zero-order valence-electron chi connectivity index (χ0n) is 16.2. The van der Waals surface area contributed by atoms with E-state index in [0.717, 1.165) is 24.5 Å². The molecule has 7 heteroatoms. The minimum absolute atomic E-state index is 0.00597. The minimum Gasteiger partial charge on any atom is -0.325 e. The normalized spacial score (nSPS) is 16.8. The highest BCUT2D eigenvalue weighted by Crippen LogP contribution is 2.15. The van der Waals surface area contributed by atoms with Gasteiger partial charge in [0, 0.05) is 11.4 Å². The lowest BCUT2D eigenvalue weighted by molar-refractivity contribution is -0.118. The zero-order valence-corrected chi connectivity index (χ0v) is 17.0. The van der Waals surface area contributed by atoms with Gasteiger partial charge in [-0.2, -0.15) is 11.8 Å². The molecule has 1 saturated heterocycles. The van der Waals surface area contributed by atoms with Gasteiger partial charge in [0.25, 0.3) is 0 Å². The topological polar surface area (TPSA) is 87.5 Å². The highest BCUT2D eigenvalue weighted by atomic mass is 32.2. The van der Waals surface area contributed by atoms with E-state index < -0.39 is 6.04 Å². The molecule has 2 amide bonds. The Hall–Kier alpha value is -1.57. The van der Waals surface area contributed by atoms with Crippen molar-refractivity contribution in [2.75, 3.05) is 42.3 Å². The Morgan fingerprint density at radius 1 is 1.04 bits per heavy atom. The van der Waals surface area contributed by atoms with E-state index in [1.807, 2.05) is 6.26 Å². The fourth-order valence-electron chi connectivity index (χ4n) is 3.12. The molecule has 1 aliphatic heterocycles. The second-order valence-corrected chi connectivity index (χ2v) is 8.03. The first kappa shape index (κ1) is 21.7. The van der Waals surface area contributed by atoms with Crippen LogP contribution in [-0.4, -0.2) is 54.4 Å². The van der Waals surface area contributed by atoms with Crippen LogP contribution in [-0.2, 0) is 9.59 Å². The van der Waals surface area contributed by atoms with Crippen molar-refractivity contribution in [3.63, 3.8) is 0 Å². The predicted octanol–water partition coefficient (Wildman–Crippen LogP) is 2.91. The summed E-state index contributed by atoms with van der Waals surface area (Å²) in [5.41, 5.74) is 7.28. The number of thioether (sulfide) groups is 1. The van der Waals surface area contributed by atoms with Crippen molar-refractivity contribution in [2.24, 2.45) is 5.73 Å². The first-order valence-electron chi connectivity index (χ1n) is 9.76. The van der Waals surface area contributed by atoms with Crippen LogP contribution in [0.1, 0.15) is 38.5 Å². The average Bonchev–Trinajstić information content (AvgIpc) is 2.63. The maximum absolute atomic E-state index is 12.3. The van der Waals surface area contributed by atoms with Gasteiger partial charge >= 0.3 is 0 Å². The summed E-state index contributed by atoms with van der Waals surface area (Å²) in [6, 6.07) is 6.66. The van der Waals surface area contributed by atoms with Gasteiger partial charge in [0.1, 0.15) is 0 Å². The van der Waals surface area contributed by atoms with E-state index in [1.165, 1.54) is 32.1 Å². The number of rotatable bonds is 8. The number of carbonyl (C=O) groups is 2. The molecule has 1 aliphatic rings. The monoisotopic (exact) mass is 392 g/mol. The molecule has 1 fully saturated rings. The van der Waals surface area contributed by atoms with Crippen molar-refractivity contribution in [2.45, 2.75) is 44.6 Å². The summed E-state index contributed by atoms with van der Waals surface area (Å²) in [5, 5.41) is 5.75. The molecule has 0 saturated carbocycles. The van der Waals surface area contributed by atoms with Crippen LogP contribution in [0.2, 0.25) is 0 Å². The van der Waals surface area contributed by atoms with E-state index in [2.05, 4.69) is 15.5 Å². The molecular formula is C20H32N4O2S. The van der Waals surface area contributed by atoms with Gasteiger partial charge in [0.05, 0.1) is 12.6 Å². The standard InChI is InChI=1S/C20H32N4O2S/c1-27-14-11-18(21)20(26)23-17-9-7-16(8-10-17)22-19(25)15-24-12-5-3-2-4-6-13-24/h7-10,18H,2-6,11-15,21H2,1H3,(H,22,25)(H,23,26)/t18-/m0/s1. The maximum atomic E-state index is 12.3. The van der Waals surface area contributed by atoms with Crippen LogP contribution in [0, 0.1) is 0 Å². The highest BCUT2D eigenvalue weighted by Gasteiger charge is 2.14. The molecule has 1 atom stereocenters. The largest absolute Gasteiger partial charge is 0.325 e. The number of nitrogens with two attached hydrogens (primary N) is 1. The van der Waals surface area contributed by atoms with Crippen molar-refractivity contribution < 1.29 is 9.59 Å². The van der Waals surface area contributed by atoms with Gasteiger partial charge in [-0.15, -0.1) is 0 Å². The van der Waals surface area contributed by atoms with Crippen LogP contribution in [0.4, 0.5) is 11.4 Å². The predicted molar refractivity (Wildman–Crippen MR) is 114 cm³/mol. The number of likely N-dealkylation sites (tertiary alicyclic amines) is 1. The molecule has 2 rings (SSSR count). The molecule has 0 radical (unpaired) electrons. The third-order valence-corrected chi connectivity index (χ3v) is 5.37. The number of hydrogen-bond donors (Lipinski definition) is 3. The molecule has 0 aliphatic carbocycles. The third kappa shape index (κ3) is 8.32. The number of nitrogens with zero attached hydrogens (tertiary/aromatic N) is 1. The Morgan fingerprint density at radius 2 is 1.59 bits per heavy atom. The fraction of sp³-hybridized carbons (Fsp3) is 0.600. The average molecular weight is 393 g/mol. The van der Waals surface area contributed by atoms with Gasteiger partial charge in [0.2, 0.25) is 11.8 Å². The lowest BCUT2D eigenvalue weighted by Crippen LogP contribution is -2.36. The van der Waals surface area contributed by atoms with E-state index in [-0.39, 0.29) is 11.8 Å². The van der Waals surface area contributed by atoms with Crippen molar-refractivity contribution >= 4 is 35.0 Å². The van der Waals surface area contributed by atoms with E-state index in [9.17, 15) is 9.59 Å².